The molecule has 2 saturated heterocycles. The van der Waals surface area contributed by atoms with Crippen molar-refractivity contribution in [3.63, 3.8) is 0 Å². The van der Waals surface area contributed by atoms with Crippen LogP contribution in [0.2, 0.25) is 5.02 Å². The van der Waals surface area contributed by atoms with Crippen LogP contribution in [0.25, 0.3) is 0 Å². The van der Waals surface area contributed by atoms with Crippen molar-refractivity contribution < 1.29 is 14.6 Å². The fraction of sp³-hybridized carbons (Fsp3) is 0.625. The summed E-state index contributed by atoms with van der Waals surface area (Å²) >= 11 is 6.04. The van der Waals surface area contributed by atoms with E-state index in [1.807, 2.05) is 12.1 Å². The van der Waals surface area contributed by atoms with Crippen molar-refractivity contribution in [3.8, 4) is 5.75 Å². The summed E-state index contributed by atoms with van der Waals surface area (Å²) in [6.45, 7) is 2.67. The van der Waals surface area contributed by atoms with Crippen molar-refractivity contribution >= 4 is 11.6 Å². The Bertz CT molecular complexity index is 496. The number of aliphatic hydroxyl groups excluding tert-OH is 1. The van der Waals surface area contributed by atoms with Gasteiger partial charge in [-0.05, 0) is 43.1 Å². The van der Waals surface area contributed by atoms with Crippen LogP contribution in [0, 0.1) is 0 Å². The molecule has 2 heterocycles. The molecule has 0 spiro atoms. The molecule has 116 valence electrons. The van der Waals surface area contributed by atoms with Crippen LogP contribution in [0.1, 0.15) is 18.4 Å². The summed E-state index contributed by atoms with van der Waals surface area (Å²) in [6, 6.07) is 6.03. The second-order valence-electron chi connectivity index (χ2n) is 5.89. The van der Waals surface area contributed by atoms with Crippen LogP contribution >= 0.6 is 11.6 Å². The molecule has 0 saturated carbocycles. The molecule has 0 aliphatic carbocycles. The highest BCUT2D eigenvalue weighted by molar-refractivity contribution is 6.30. The van der Waals surface area contributed by atoms with Gasteiger partial charge in [-0.3, -0.25) is 4.90 Å². The molecular weight excluding hydrogens is 290 g/mol. The topological polar surface area (TPSA) is 41.9 Å². The fourth-order valence-corrected chi connectivity index (χ4v) is 3.53. The van der Waals surface area contributed by atoms with E-state index in [1.54, 1.807) is 13.2 Å². The minimum absolute atomic E-state index is 0.136. The van der Waals surface area contributed by atoms with E-state index in [-0.39, 0.29) is 6.10 Å². The number of halogens is 1. The molecule has 0 bridgehead atoms. The Balaban J connectivity index is 1.66. The Labute approximate surface area is 130 Å². The van der Waals surface area contributed by atoms with Crippen LogP contribution in [0.5, 0.6) is 5.75 Å². The second kappa shape index (κ2) is 6.53. The maximum absolute atomic E-state index is 10.5. The number of morpholine rings is 1. The van der Waals surface area contributed by atoms with E-state index < -0.39 is 6.10 Å². The van der Waals surface area contributed by atoms with Gasteiger partial charge in [0.15, 0.2) is 0 Å². The molecule has 0 aromatic heterocycles. The zero-order chi connectivity index (χ0) is 14.8. The van der Waals surface area contributed by atoms with Crippen LogP contribution in [-0.4, -0.2) is 55.1 Å². The molecule has 3 unspecified atom stereocenters. The summed E-state index contributed by atoms with van der Waals surface area (Å²) in [6.07, 6.45) is 2.26. The minimum atomic E-state index is -0.543. The highest BCUT2D eigenvalue weighted by Gasteiger charge is 2.35. The number of hydrogen-bond acceptors (Lipinski definition) is 4. The largest absolute Gasteiger partial charge is 0.496 e. The van der Waals surface area contributed by atoms with Gasteiger partial charge >= 0.3 is 0 Å². The number of benzene rings is 1. The number of fused-ring (bicyclic) bond motifs is 1. The lowest BCUT2D eigenvalue weighted by Crippen LogP contribution is -2.50. The maximum atomic E-state index is 10.5. The SMILES string of the molecule is COc1ccc(Cl)cc1CC(O)C1CN2CCCC2CO1. The van der Waals surface area contributed by atoms with Gasteiger partial charge in [-0.25, -0.2) is 0 Å². The molecule has 3 atom stereocenters. The Morgan fingerprint density at radius 2 is 2.38 bits per heavy atom. The zero-order valence-electron chi connectivity index (χ0n) is 12.3. The summed E-state index contributed by atoms with van der Waals surface area (Å²) in [7, 11) is 1.63. The van der Waals surface area contributed by atoms with Gasteiger partial charge in [0, 0.05) is 24.0 Å². The number of aliphatic hydroxyl groups is 1. The first kappa shape index (κ1) is 15.1. The summed E-state index contributed by atoms with van der Waals surface area (Å²) in [4.78, 5) is 2.44. The molecule has 4 nitrogen and oxygen atoms in total. The number of rotatable bonds is 4. The van der Waals surface area contributed by atoms with E-state index in [2.05, 4.69) is 4.90 Å². The normalized spacial score (nSPS) is 27.4. The monoisotopic (exact) mass is 311 g/mol. The van der Waals surface area contributed by atoms with Crippen molar-refractivity contribution in [2.45, 2.75) is 37.5 Å². The van der Waals surface area contributed by atoms with E-state index in [0.29, 0.717) is 17.5 Å². The lowest BCUT2D eigenvalue weighted by molar-refractivity contribution is -0.101. The van der Waals surface area contributed by atoms with Crippen LogP contribution in [-0.2, 0) is 11.2 Å². The van der Waals surface area contributed by atoms with Crippen LogP contribution in [0.4, 0.5) is 0 Å². The predicted molar refractivity (Wildman–Crippen MR) is 82.0 cm³/mol. The van der Waals surface area contributed by atoms with Gasteiger partial charge in [0.25, 0.3) is 0 Å². The lowest BCUT2D eigenvalue weighted by Gasteiger charge is -2.37. The molecule has 2 fully saturated rings. The third-order valence-electron chi connectivity index (χ3n) is 4.52. The molecule has 1 aromatic rings. The van der Waals surface area contributed by atoms with Gasteiger partial charge in [0.1, 0.15) is 5.75 Å². The summed E-state index contributed by atoms with van der Waals surface area (Å²) in [5.74, 6) is 0.758. The average Bonchev–Trinajstić information content (AvgIpc) is 2.94. The highest BCUT2D eigenvalue weighted by Crippen LogP contribution is 2.27. The summed E-state index contributed by atoms with van der Waals surface area (Å²) < 4.78 is 11.2. The van der Waals surface area contributed by atoms with Gasteiger partial charge in [-0.1, -0.05) is 11.6 Å². The maximum Gasteiger partial charge on any atom is 0.122 e. The van der Waals surface area contributed by atoms with Gasteiger partial charge < -0.3 is 14.6 Å². The Morgan fingerprint density at radius 3 is 3.19 bits per heavy atom. The van der Waals surface area contributed by atoms with Gasteiger partial charge in [-0.2, -0.15) is 0 Å². The summed E-state index contributed by atoms with van der Waals surface area (Å²) in [5.41, 5.74) is 0.921. The Kier molecular flexibility index (Phi) is 4.69. The number of nitrogens with zero attached hydrogens (tertiary/aromatic N) is 1. The highest BCUT2D eigenvalue weighted by atomic mass is 35.5. The Hall–Kier alpha value is -0.810. The van der Waals surface area contributed by atoms with Crippen molar-refractivity contribution in [1.29, 1.82) is 0 Å². The van der Waals surface area contributed by atoms with Crippen LogP contribution in [0.3, 0.4) is 0 Å². The molecule has 1 aromatic carbocycles. The van der Waals surface area contributed by atoms with Crippen LogP contribution in [0.15, 0.2) is 18.2 Å². The molecule has 2 aliphatic rings. The van der Waals surface area contributed by atoms with E-state index in [1.165, 1.54) is 12.8 Å². The second-order valence-corrected chi connectivity index (χ2v) is 6.33. The number of hydrogen-bond donors (Lipinski definition) is 1. The molecule has 1 N–H and O–H groups in total. The minimum Gasteiger partial charge on any atom is -0.496 e. The number of ether oxygens (including phenoxy) is 2. The number of methoxy groups -OCH3 is 1. The van der Waals surface area contributed by atoms with Crippen molar-refractivity contribution in [2.75, 3.05) is 26.8 Å². The van der Waals surface area contributed by atoms with Gasteiger partial charge in [-0.15, -0.1) is 0 Å². The quantitative estimate of drug-likeness (QED) is 0.925. The molecule has 2 aliphatic heterocycles. The van der Waals surface area contributed by atoms with E-state index >= 15 is 0 Å². The average molecular weight is 312 g/mol. The molecule has 5 heteroatoms. The third-order valence-corrected chi connectivity index (χ3v) is 4.75. The van der Waals surface area contributed by atoms with Gasteiger partial charge in [0.2, 0.25) is 0 Å². The molecule has 0 amide bonds. The fourth-order valence-electron chi connectivity index (χ4n) is 3.34. The van der Waals surface area contributed by atoms with Crippen LogP contribution < -0.4 is 4.74 Å². The van der Waals surface area contributed by atoms with E-state index in [0.717, 1.165) is 31.0 Å². The lowest BCUT2D eigenvalue weighted by atomic mass is 10.0. The predicted octanol–water partition coefficient (Wildman–Crippen LogP) is 2.12. The third kappa shape index (κ3) is 3.34. The van der Waals surface area contributed by atoms with Crippen molar-refractivity contribution in [2.24, 2.45) is 0 Å². The first-order chi connectivity index (χ1) is 10.2. The molecule has 3 rings (SSSR count). The van der Waals surface area contributed by atoms with Crippen molar-refractivity contribution in [3.05, 3.63) is 28.8 Å². The smallest absolute Gasteiger partial charge is 0.122 e. The molecular formula is C16H22ClNO3. The summed E-state index contributed by atoms with van der Waals surface area (Å²) in [5, 5.41) is 11.2. The zero-order valence-corrected chi connectivity index (χ0v) is 13.1. The first-order valence-corrected chi connectivity index (χ1v) is 7.91. The first-order valence-electron chi connectivity index (χ1n) is 7.53. The van der Waals surface area contributed by atoms with Crippen molar-refractivity contribution in [1.82, 2.24) is 4.90 Å². The Morgan fingerprint density at radius 1 is 1.52 bits per heavy atom. The molecule has 21 heavy (non-hydrogen) atoms. The van der Waals surface area contributed by atoms with E-state index in [9.17, 15) is 5.11 Å². The standard InChI is InChI=1S/C16H22ClNO3/c1-20-15-5-4-12(17)7-11(15)8-14(19)16-9-18-6-2-3-13(18)10-21-16/h4-5,7,13-14,16,19H,2-3,6,8-10H2,1H3. The molecule has 0 radical (unpaired) electrons. The van der Waals surface area contributed by atoms with Gasteiger partial charge in [0.05, 0.1) is 25.9 Å². The van der Waals surface area contributed by atoms with E-state index in [4.69, 9.17) is 21.1 Å².